The Morgan fingerprint density at radius 3 is 2.61 bits per heavy atom. The van der Waals surface area contributed by atoms with Crippen molar-refractivity contribution in [3.63, 3.8) is 0 Å². The van der Waals surface area contributed by atoms with Crippen LogP contribution in [0.5, 0.6) is 11.5 Å². The summed E-state index contributed by atoms with van der Waals surface area (Å²) < 4.78 is 12.0. The number of carbonyl (C=O) groups is 1. The van der Waals surface area contributed by atoms with E-state index in [9.17, 15) is 4.79 Å². The van der Waals surface area contributed by atoms with Crippen molar-refractivity contribution >= 4 is 43.8 Å². The first kappa shape index (κ1) is 20.0. The van der Waals surface area contributed by atoms with Crippen LogP contribution in [0.25, 0.3) is 20.8 Å². The fourth-order valence-electron chi connectivity index (χ4n) is 3.84. The summed E-state index contributed by atoms with van der Waals surface area (Å²) in [5, 5.41) is 4.96. The van der Waals surface area contributed by atoms with E-state index in [1.807, 2.05) is 30.3 Å². The highest BCUT2D eigenvalue weighted by Gasteiger charge is 2.25. The molecule has 31 heavy (non-hydrogen) atoms. The van der Waals surface area contributed by atoms with Crippen LogP contribution in [0.1, 0.15) is 23.3 Å². The lowest BCUT2D eigenvalue weighted by molar-refractivity contribution is -0.118. The van der Waals surface area contributed by atoms with E-state index in [1.54, 1.807) is 41.9 Å². The summed E-state index contributed by atoms with van der Waals surface area (Å²) in [6.07, 6.45) is 4.47. The molecule has 0 aliphatic heterocycles. The zero-order valence-corrected chi connectivity index (χ0v) is 18.8. The van der Waals surface area contributed by atoms with Gasteiger partial charge in [0.1, 0.15) is 21.5 Å². The molecule has 0 atom stereocenters. The standard InChI is InChI=1S/C24H22N2O3S2/c1-28-15-10-12-16(13-11-15)29-14-21(27)26-24-22(17-6-2-4-8-19(17)30-24)23-25-18-7-3-5-9-20(18)31-23/h3,5,7,9-13H,2,4,6,8,14H2,1H3,(H,26,27). The molecule has 0 saturated heterocycles. The summed E-state index contributed by atoms with van der Waals surface area (Å²) in [5.74, 6) is 1.21. The molecule has 1 N–H and O–H groups in total. The Kier molecular flexibility index (Phi) is 5.61. The van der Waals surface area contributed by atoms with Crippen molar-refractivity contribution in [2.45, 2.75) is 25.7 Å². The van der Waals surface area contributed by atoms with E-state index in [2.05, 4.69) is 11.4 Å². The van der Waals surface area contributed by atoms with Crippen molar-refractivity contribution < 1.29 is 14.3 Å². The molecule has 5 rings (SSSR count). The third-order valence-electron chi connectivity index (χ3n) is 5.36. The average Bonchev–Trinajstić information content (AvgIpc) is 3.38. The first-order valence-corrected chi connectivity index (χ1v) is 11.9. The van der Waals surface area contributed by atoms with Crippen LogP contribution in [0.4, 0.5) is 5.00 Å². The minimum absolute atomic E-state index is 0.0474. The number of aryl methyl sites for hydroxylation is 1. The summed E-state index contributed by atoms with van der Waals surface area (Å²) in [4.78, 5) is 18.9. The minimum Gasteiger partial charge on any atom is -0.497 e. The third kappa shape index (κ3) is 4.16. The number of methoxy groups -OCH3 is 1. The summed E-state index contributed by atoms with van der Waals surface area (Å²) in [7, 11) is 1.62. The first-order valence-electron chi connectivity index (χ1n) is 10.3. The molecule has 2 aromatic carbocycles. The van der Waals surface area contributed by atoms with Crippen molar-refractivity contribution in [2.24, 2.45) is 0 Å². The van der Waals surface area contributed by atoms with Crippen LogP contribution in [0, 0.1) is 0 Å². The van der Waals surface area contributed by atoms with Crippen molar-refractivity contribution in [1.29, 1.82) is 0 Å². The highest BCUT2D eigenvalue weighted by Crippen LogP contribution is 2.46. The topological polar surface area (TPSA) is 60.5 Å². The number of carbonyl (C=O) groups excluding carboxylic acids is 1. The van der Waals surface area contributed by atoms with E-state index in [-0.39, 0.29) is 12.5 Å². The molecule has 4 aromatic rings. The van der Waals surface area contributed by atoms with E-state index in [4.69, 9.17) is 14.5 Å². The molecule has 0 spiro atoms. The van der Waals surface area contributed by atoms with E-state index in [0.29, 0.717) is 5.75 Å². The Morgan fingerprint density at radius 1 is 1.03 bits per heavy atom. The molecule has 2 aromatic heterocycles. The highest BCUT2D eigenvalue weighted by molar-refractivity contribution is 7.22. The Morgan fingerprint density at radius 2 is 1.81 bits per heavy atom. The highest BCUT2D eigenvalue weighted by atomic mass is 32.1. The molecule has 1 aliphatic carbocycles. The van der Waals surface area contributed by atoms with Crippen molar-refractivity contribution in [3.8, 4) is 22.1 Å². The van der Waals surface area contributed by atoms with Gasteiger partial charge in [0.05, 0.1) is 17.3 Å². The van der Waals surface area contributed by atoms with Gasteiger partial charge in [0.15, 0.2) is 6.61 Å². The molecule has 0 bridgehead atoms. The lowest BCUT2D eigenvalue weighted by atomic mass is 9.96. The SMILES string of the molecule is COc1ccc(OCC(=O)Nc2sc3c(c2-c2nc4ccccc4s2)CCCC3)cc1. The average molecular weight is 451 g/mol. The number of ether oxygens (including phenoxy) is 2. The summed E-state index contributed by atoms with van der Waals surface area (Å²) in [6, 6.07) is 15.4. The molecule has 1 amide bonds. The fraction of sp³-hybridized carbons (Fsp3) is 0.250. The number of para-hydroxylation sites is 1. The Bertz CT molecular complexity index is 1190. The summed E-state index contributed by atoms with van der Waals surface area (Å²) >= 11 is 3.37. The van der Waals surface area contributed by atoms with Crippen molar-refractivity contribution in [3.05, 3.63) is 59.0 Å². The van der Waals surface area contributed by atoms with Crippen LogP contribution in [-0.2, 0) is 17.6 Å². The number of nitrogens with one attached hydrogen (secondary N) is 1. The normalized spacial score (nSPS) is 13.1. The van der Waals surface area contributed by atoms with Crippen LogP contribution in [0.2, 0.25) is 0 Å². The van der Waals surface area contributed by atoms with Crippen LogP contribution in [-0.4, -0.2) is 24.6 Å². The Balaban J connectivity index is 1.39. The number of thiophene rings is 1. The van der Waals surface area contributed by atoms with Gasteiger partial charge >= 0.3 is 0 Å². The van der Waals surface area contributed by atoms with Crippen LogP contribution < -0.4 is 14.8 Å². The van der Waals surface area contributed by atoms with Gasteiger partial charge in [-0.1, -0.05) is 12.1 Å². The van der Waals surface area contributed by atoms with Gasteiger partial charge in [0.2, 0.25) is 0 Å². The number of aromatic nitrogens is 1. The fourth-order valence-corrected chi connectivity index (χ4v) is 6.26. The molecule has 2 heterocycles. The molecule has 0 saturated carbocycles. The van der Waals surface area contributed by atoms with Crippen LogP contribution >= 0.6 is 22.7 Å². The number of nitrogens with zero attached hydrogens (tertiary/aromatic N) is 1. The molecular weight excluding hydrogens is 428 g/mol. The quantitative estimate of drug-likeness (QED) is 0.396. The molecule has 0 radical (unpaired) electrons. The molecular formula is C24H22N2O3S2. The zero-order chi connectivity index (χ0) is 21.2. The minimum atomic E-state index is -0.170. The van der Waals surface area contributed by atoms with Gasteiger partial charge in [-0.05, 0) is 67.6 Å². The molecule has 5 nitrogen and oxygen atoms in total. The molecule has 7 heteroatoms. The van der Waals surface area contributed by atoms with E-state index in [1.165, 1.54) is 23.3 Å². The Hall–Kier alpha value is -2.90. The van der Waals surface area contributed by atoms with Gasteiger partial charge in [0.25, 0.3) is 5.91 Å². The molecule has 158 valence electrons. The second-order valence-corrected chi connectivity index (χ2v) is 9.55. The summed E-state index contributed by atoms with van der Waals surface area (Å²) in [6.45, 7) is -0.0474. The second-order valence-electron chi connectivity index (χ2n) is 7.41. The monoisotopic (exact) mass is 450 g/mol. The van der Waals surface area contributed by atoms with Crippen molar-refractivity contribution in [1.82, 2.24) is 4.98 Å². The predicted molar refractivity (Wildman–Crippen MR) is 127 cm³/mol. The maximum absolute atomic E-state index is 12.7. The number of hydrogen-bond donors (Lipinski definition) is 1. The number of rotatable bonds is 6. The molecule has 1 aliphatic rings. The lowest BCUT2D eigenvalue weighted by Crippen LogP contribution is -2.20. The molecule has 0 fully saturated rings. The van der Waals surface area contributed by atoms with Crippen LogP contribution in [0.3, 0.4) is 0 Å². The number of hydrogen-bond acceptors (Lipinski definition) is 6. The maximum atomic E-state index is 12.7. The van der Waals surface area contributed by atoms with Gasteiger partial charge in [0, 0.05) is 10.4 Å². The lowest BCUT2D eigenvalue weighted by Gasteiger charge is -2.12. The number of amides is 1. The number of fused-ring (bicyclic) bond motifs is 2. The largest absolute Gasteiger partial charge is 0.497 e. The zero-order valence-electron chi connectivity index (χ0n) is 17.1. The maximum Gasteiger partial charge on any atom is 0.262 e. The van der Waals surface area contributed by atoms with Gasteiger partial charge in [-0.15, -0.1) is 22.7 Å². The third-order valence-corrected chi connectivity index (χ3v) is 7.62. The van der Waals surface area contributed by atoms with Gasteiger partial charge in [-0.3, -0.25) is 4.79 Å². The van der Waals surface area contributed by atoms with Gasteiger partial charge in [-0.25, -0.2) is 4.98 Å². The van der Waals surface area contributed by atoms with Crippen LogP contribution in [0.15, 0.2) is 48.5 Å². The number of anilines is 1. The van der Waals surface area contributed by atoms with E-state index >= 15 is 0 Å². The smallest absolute Gasteiger partial charge is 0.262 e. The van der Waals surface area contributed by atoms with Crippen molar-refractivity contribution in [2.75, 3.05) is 19.0 Å². The first-order chi connectivity index (χ1) is 15.2. The molecule has 0 unspecified atom stereocenters. The summed E-state index contributed by atoms with van der Waals surface area (Å²) in [5.41, 5.74) is 3.44. The second kappa shape index (κ2) is 8.69. The van der Waals surface area contributed by atoms with Gasteiger partial charge < -0.3 is 14.8 Å². The van der Waals surface area contributed by atoms with E-state index in [0.717, 1.165) is 44.4 Å². The van der Waals surface area contributed by atoms with Gasteiger partial charge in [-0.2, -0.15) is 0 Å². The number of thiazole rings is 1. The predicted octanol–water partition coefficient (Wildman–Crippen LogP) is 5.93. The Labute approximate surface area is 188 Å². The number of benzene rings is 2. The van der Waals surface area contributed by atoms with E-state index < -0.39 is 0 Å².